The monoisotopic (exact) mass is 336 g/mol. The van der Waals surface area contributed by atoms with Gasteiger partial charge in [0.05, 0.1) is 18.5 Å². The summed E-state index contributed by atoms with van der Waals surface area (Å²) in [4.78, 5) is 46.5. The maximum atomic E-state index is 12.8. The lowest BCUT2D eigenvalue weighted by Gasteiger charge is -2.44. The number of cyclic esters (lactones) is 1. The first-order valence-corrected chi connectivity index (χ1v) is 7.96. The SMILES string of the molecule is CCOC(=O)c1[nH]cnc1C(=O)N1CCN2C(=O)OCC2(CC)C1. The van der Waals surface area contributed by atoms with Crippen LogP contribution in [-0.2, 0) is 9.47 Å². The van der Waals surface area contributed by atoms with Crippen LogP contribution < -0.4 is 0 Å². The summed E-state index contributed by atoms with van der Waals surface area (Å²) in [5.74, 6) is -0.965. The van der Waals surface area contributed by atoms with Crippen molar-refractivity contribution in [2.24, 2.45) is 0 Å². The zero-order chi connectivity index (χ0) is 17.3. The van der Waals surface area contributed by atoms with Crippen LogP contribution in [0.1, 0.15) is 41.2 Å². The highest BCUT2D eigenvalue weighted by Crippen LogP contribution is 2.32. The van der Waals surface area contributed by atoms with E-state index in [4.69, 9.17) is 9.47 Å². The molecule has 0 spiro atoms. The lowest BCUT2D eigenvalue weighted by molar-refractivity contribution is 0.0350. The molecule has 9 nitrogen and oxygen atoms in total. The van der Waals surface area contributed by atoms with Gasteiger partial charge in [0, 0.05) is 19.6 Å². The number of ether oxygens (including phenoxy) is 2. The third kappa shape index (κ3) is 2.49. The molecule has 0 aliphatic carbocycles. The normalized spacial score (nSPS) is 23.0. The molecule has 2 aliphatic heterocycles. The third-order valence-corrected chi connectivity index (χ3v) is 4.60. The number of aromatic nitrogens is 2. The highest BCUT2D eigenvalue weighted by Gasteiger charge is 2.50. The number of esters is 1. The Labute approximate surface area is 138 Å². The minimum atomic E-state index is -0.610. The van der Waals surface area contributed by atoms with E-state index in [0.29, 0.717) is 26.1 Å². The number of amides is 2. The van der Waals surface area contributed by atoms with Crippen LogP contribution in [0.4, 0.5) is 4.79 Å². The minimum Gasteiger partial charge on any atom is -0.461 e. The highest BCUT2D eigenvalue weighted by molar-refractivity contribution is 6.03. The Balaban J connectivity index is 1.81. The van der Waals surface area contributed by atoms with Crippen molar-refractivity contribution in [3.63, 3.8) is 0 Å². The summed E-state index contributed by atoms with van der Waals surface area (Å²) in [5.41, 5.74) is -0.419. The van der Waals surface area contributed by atoms with E-state index in [-0.39, 0.29) is 36.6 Å². The molecule has 3 heterocycles. The highest BCUT2D eigenvalue weighted by atomic mass is 16.6. The smallest absolute Gasteiger partial charge is 0.410 e. The lowest BCUT2D eigenvalue weighted by Crippen LogP contribution is -2.62. The van der Waals surface area contributed by atoms with Gasteiger partial charge in [-0.15, -0.1) is 0 Å². The predicted octanol–water partition coefficient (Wildman–Crippen LogP) is 0.643. The Bertz CT molecular complexity index is 673. The molecule has 0 aromatic carbocycles. The first-order valence-electron chi connectivity index (χ1n) is 7.96. The van der Waals surface area contributed by atoms with Crippen molar-refractivity contribution in [1.29, 1.82) is 0 Å². The standard InChI is InChI=1S/C15H20N4O5/c1-3-15-7-18(5-6-19(15)14(22)24-8-15)12(20)10-11(17-9-16-10)13(21)23-4-2/h9H,3-8H2,1-2H3,(H,16,17). The van der Waals surface area contributed by atoms with Gasteiger partial charge in [0.15, 0.2) is 11.4 Å². The van der Waals surface area contributed by atoms with Crippen molar-refractivity contribution in [3.05, 3.63) is 17.7 Å². The molecule has 130 valence electrons. The van der Waals surface area contributed by atoms with E-state index >= 15 is 0 Å². The van der Waals surface area contributed by atoms with Gasteiger partial charge in [-0.3, -0.25) is 9.69 Å². The van der Waals surface area contributed by atoms with Crippen molar-refractivity contribution in [2.75, 3.05) is 32.8 Å². The van der Waals surface area contributed by atoms with Gasteiger partial charge in [-0.25, -0.2) is 14.6 Å². The number of hydrogen-bond acceptors (Lipinski definition) is 6. The molecule has 0 saturated carbocycles. The molecule has 1 aromatic heterocycles. The fourth-order valence-electron chi connectivity index (χ4n) is 3.20. The number of nitrogens with zero attached hydrogens (tertiary/aromatic N) is 3. The molecule has 1 aromatic rings. The van der Waals surface area contributed by atoms with Crippen LogP contribution in [-0.4, -0.2) is 76.1 Å². The van der Waals surface area contributed by atoms with Crippen LogP contribution in [0.2, 0.25) is 0 Å². The van der Waals surface area contributed by atoms with Gasteiger partial charge in [-0.05, 0) is 13.3 Å². The average molecular weight is 336 g/mol. The Morgan fingerprint density at radius 2 is 2.21 bits per heavy atom. The molecule has 2 saturated heterocycles. The number of H-pyrrole nitrogens is 1. The van der Waals surface area contributed by atoms with Gasteiger partial charge in [0.2, 0.25) is 0 Å². The van der Waals surface area contributed by atoms with E-state index < -0.39 is 11.5 Å². The molecule has 0 bridgehead atoms. The molecule has 9 heteroatoms. The number of carbonyl (C=O) groups excluding carboxylic acids is 3. The maximum Gasteiger partial charge on any atom is 0.410 e. The third-order valence-electron chi connectivity index (χ3n) is 4.60. The maximum absolute atomic E-state index is 12.8. The van der Waals surface area contributed by atoms with Crippen molar-refractivity contribution >= 4 is 18.0 Å². The molecule has 3 rings (SSSR count). The van der Waals surface area contributed by atoms with Gasteiger partial charge >= 0.3 is 12.1 Å². The lowest BCUT2D eigenvalue weighted by atomic mass is 9.92. The number of aromatic amines is 1. The molecule has 1 atom stereocenters. The van der Waals surface area contributed by atoms with E-state index in [2.05, 4.69) is 9.97 Å². The number of fused-ring (bicyclic) bond motifs is 1. The largest absolute Gasteiger partial charge is 0.461 e. The molecule has 0 radical (unpaired) electrons. The quantitative estimate of drug-likeness (QED) is 0.809. The van der Waals surface area contributed by atoms with E-state index in [9.17, 15) is 14.4 Å². The van der Waals surface area contributed by atoms with Crippen LogP contribution in [0.3, 0.4) is 0 Å². The summed E-state index contributed by atoms with van der Waals surface area (Å²) in [6.45, 7) is 5.24. The van der Waals surface area contributed by atoms with Crippen molar-refractivity contribution < 1.29 is 23.9 Å². The van der Waals surface area contributed by atoms with Crippen molar-refractivity contribution in [3.8, 4) is 0 Å². The number of piperazine rings is 1. The number of carbonyl (C=O) groups is 3. The molecule has 2 aliphatic rings. The Kier molecular flexibility index (Phi) is 4.16. The summed E-state index contributed by atoms with van der Waals surface area (Å²) in [6.07, 6.45) is 1.64. The van der Waals surface area contributed by atoms with Gasteiger partial charge in [-0.2, -0.15) is 0 Å². The number of hydrogen-bond donors (Lipinski definition) is 1. The van der Waals surface area contributed by atoms with Gasteiger partial charge < -0.3 is 19.4 Å². The van der Waals surface area contributed by atoms with Crippen LogP contribution in [0.25, 0.3) is 0 Å². The molecule has 1 N–H and O–H groups in total. The summed E-state index contributed by atoms with van der Waals surface area (Å²) in [6, 6.07) is 0. The van der Waals surface area contributed by atoms with Gasteiger partial charge in [-0.1, -0.05) is 6.92 Å². The van der Waals surface area contributed by atoms with Crippen LogP contribution in [0, 0.1) is 0 Å². The summed E-state index contributed by atoms with van der Waals surface area (Å²) in [7, 11) is 0. The molecule has 2 fully saturated rings. The zero-order valence-electron chi connectivity index (χ0n) is 13.7. The zero-order valence-corrected chi connectivity index (χ0v) is 13.7. The van der Waals surface area contributed by atoms with E-state index in [1.165, 1.54) is 6.33 Å². The fourth-order valence-corrected chi connectivity index (χ4v) is 3.20. The number of imidazole rings is 1. The first kappa shape index (κ1) is 16.3. The molecule has 24 heavy (non-hydrogen) atoms. The molecule has 1 unspecified atom stereocenters. The van der Waals surface area contributed by atoms with Gasteiger partial charge in [0.1, 0.15) is 6.61 Å². The predicted molar refractivity (Wildman–Crippen MR) is 81.5 cm³/mol. The van der Waals surface area contributed by atoms with E-state index in [1.807, 2.05) is 6.92 Å². The van der Waals surface area contributed by atoms with Gasteiger partial charge in [0.25, 0.3) is 5.91 Å². The van der Waals surface area contributed by atoms with Crippen LogP contribution in [0.15, 0.2) is 6.33 Å². The van der Waals surface area contributed by atoms with Crippen molar-refractivity contribution in [1.82, 2.24) is 19.8 Å². The molecule has 2 amide bonds. The summed E-state index contributed by atoms with van der Waals surface area (Å²) < 4.78 is 10.1. The Morgan fingerprint density at radius 3 is 2.92 bits per heavy atom. The topological polar surface area (TPSA) is 105 Å². The Hall–Kier alpha value is -2.58. The summed E-state index contributed by atoms with van der Waals surface area (Å²) in [5, 5.41) is 0. The van der Waals surface area contributed by atoms with Crippen LogP contribution >= 0.6 is 0 Å². The average Bonchev–Trinajstić information content (AvgIpc) is 3.20. The minimum absolute atomic E-state index is 0.0402. The molecular formula is C15H20N4O5. The first-order chi connectivity index (χ1) is 11.5. The van der Waals surface area contributed by atoms with E-state index in [0.717, 1.165) is 0 Å². The number of rotatable bonds is 4. The molecular weight excluding hydrogens is 316 g/mol. The fraction of sp³-hybridized carbons (Fsp3) is 0.600. The second-order valence-electron chi connectivity index (χ2n) is 5.86. The summed E-state index contributed by atoms with van der Waals surface area (Å²) >= 11 is 0. The van der Waals surface area contributed by atoms with E-state index in [1.54, 1.807) is 16.7 Å². The second-order valence-corrected chi connectivity index (χ2v) is 5.86. The Morgan fingerprint density at radius 1 is 1.42 bits per heavy atom. The second kappa shape index (κ2) is 6.14. The van der Waals surface area contributed by atoms with Crippen LogP contribution in [0.5, 0.6) is 0 Å². The number of nitrogens with one attached hydrogen (secondary N) is 1. The van der Waals surface area contributed by atoms with Crippen molar-refractivity contribution in [2.45, 2.75) is 25.8 Å².